The van der Waals surface area contributed by atoms with Crippen LogP contribution in [0.5, 0.6) is 0 Å². The summed E-state index contributed by atoms with van der Waals surface area (Å²) in [6.45, 7) is 0.931. The first kappa shape index (κ1) is 13.0. The highest BCUT2D eigenvalue weighted by Crippen LogP contribution is 2.09. The molecule has 7 heteroatoms. The van der Waals surface area contributed by atoms with E-state index in [2.05, 4.69) is 25.8 Å². The van der Waals surface area contributed by atoms with Gasteiger partial charge >= 0.3 is 6.03 Å². The highest BCUT2D eigenvalue weighted by atomic mass is 16.2. The number of nitrogens with two attached hydrogens (primary N) is 1. The SMILES string of the molecule is NCc1cccc(NC(=O)NCCc2ncn[nH]2)c1. The summed E-state index contributed by atoms with van der Waals surface area (Å²) in [4.78, 5) is 15.6. The fourth-order valence-corrected chi connectivity index (χ4v) is 1.60. The van der Waals surface area contributed by atoms with E-state index < -0.39 is 0 Å². The first-order chi connectivity index (χ1) is 9.28. The first-order valence-electron chi connectivity index (χ1n) is 5.96. The van der Waals surface area contributed by atoms with Crippen molar-refractivity contribution in [3.8, 4) is 0 Å². The molecule has 0 aliphatic rings. The summed E-state index contributed by atoms with van der Waals surface area (Å²) in [6.07, 6.45) is 2.05. The van der Waals surface area contributed by atoms with E-state index in [1.807, 2.05) is 24.3 Å². The monoisotopic (exact) mass is 260 g/mol. The van der Waals surface area contributed by atoms with Gasteiger partial charge < -0.3 is 16.4 Å². The van der Waals surface area contributed by atoms with Gasteiger partial charge in [-0.2, -0.15) is 5.10 Å². The van der Waals surface area contributed by atoms with Crippen LogP contribution in [0.15, 0.2) is 30.6 Å². The third-order valence-corrected chi connectivity index (χ3v) is 2.53. The van der Waals surface area contributed by atoms with Crippen molar-refractivity contribution in [3.63, 3.8) is 0 Å². The number of rotatable bonds is 5. The Bertz CT molecular complexity index is 525. The molecule has 19 heavy (non-hydrogen) atoms. The van der Waals surface area contributed by atoms with Gasteiger partial charge in [0, 0.05) is 25.2 Å². The molecule has 0 fully saturated rings. The molecule has 0 aliphatic carbocycles. The van der Waals surface area contributed by atoms with Crippen LogP contribution in [0.2, 0.25) is 0 Å². The minimum absolute atomic E-state index is 0.256. The first-order valence-corrected chi connectivity index (χ1v) is 5.96. The van der Waals surface area contributed by atoms with Crippen LogP contribution >= 0.6 is 0 Å². The molecule has 7 nitrogen and oxygen atoms in total. The van der Waals surface area contributed by atoms with Gasteiger partial charge in [-0.15, -0.1) is 0 Å². The number of carbonyl (C=O) groups excluding carboxylic acids is 1. The Kier molecular flexibility index (Phi) is 4.46. The van der Waals surface area contributed by atoms with Gasteiger partial charge in [-0.05, 0) is 17.7 Å². The quantitative estimate of drug-likeness (QED) is 0.632. The van der Waals surface area contributed by atoms with E-state index in [1.54, 1.807) is 0 Å². The van der Waals surface area contributed by atoms with Gasteiger partial charge in [0.2, 0.25) is 0 Å². The van der Waals surface area contributed by atoms with E-state index in [1.165, 1.54) is 6.33 Å². The number of hydrogen-bond acceptors (Lipinski definition) is 4. The lowest BCUT2D eigenvalue weighted by molar-refractivity contribution is 0.252. The maximum Gasteiger partial charge on any atom is 0.319 e. The van der Waals surface area contributed by atoms with E-state index in [4.69, 9.17) is 5.73 Å². The average Bonchev–Trinajstić information content (AvgIpc) is 2.92. The minimum Gasteiger partial charge on any atom is -0.337 e. The van der Waals surface area contributed by atoms with Gasteiger partial charge in [0.1, 0.15) is 12.2 Å². The lowest BCUT2D eigenvalue weighted by Gasteiger charge is -2.07. The maximum absolute atomic E-state index is 11.6. The molecule has 0 bridgehead atoms. The second-order valence-corrected chi connectivity index (χ2v) is 3.97. The smallest absolute Gasteiger partial charge is 0.319 e. The number of carbonyl (C=O) groups is 1. The molecule has 0 radical (unpaired) electrons. The van der Waals surface area contributed by atoms with Gasteiger partial charge in [-0.1, -0.05) is 12.1 Å². The van der Waals surface area contributed by atoms with Crippen LogP contribution in [0.4, 0.5) is 10.5 Å². The second-order valence-electron chi connectivity index (χ2n) is 3.97. The number of benzene rings is 1. The van der Waals surface area contributed by atoms with Crippen LogP contribution in [-0.2, 0) is 13.0 Å². The fraction of sp³-hybridized carbons (Fsp3) is 0.250. The summed E-state index contributed by atoms with van der Waals surface area (Å²) in [5.41, 5.74) is 7.23. The predicted octanol–water partition coefficient (Wildman–Crippen LogP) is 0.628. The predicted molar refractivity (Wildman–Crippen MR) is 71.4 cm³/mol. The average molecular weight is 260 g/mol. The van der Waals surface area contributed by atoms with Crippen molar-refractivity contribution in [1.82, 2.24) is 20.5 Å². The molecule has 0 aliphatic heterocycles. The van der Waals surface area contributed by atoms with Crippen LogP contribution in [0.3, 0.4) is 0 Å². The molecule has 0 spiro atoms. The number of aromatic nitrogens is 3. The molecule has 0 saturated heterocycles. The summed E-state index contributed by atoms with van der Waals surface area (Å²) < 4.78 is 0. The molecule has 0 saturated carbocycles. The highest BCUT2D eigenvalue weighted by Gasteiger charge is 2.02. The molecule has 0 unspecified atom stereocenters. The van der Waals surface area contributed by atoms with Crippen molar-refractivity contribution >= 4 is 11.7 Å². The van der Waals surface area contributed by atoms with Gasteiger partial charge in [0.15, 0.2) is 0 Å². The number of aromatic amines is 1. The molecule has 100 valence electrons. The van der Waals surface area contributed by atoms with Crippen LogP contribution in [0.25, 0.3) is 0 Å². The fourth-order valence-electron chi connectivity index (χ4n) is 1.60. The van der Waals surface area contributed by atoms with E-state index in [-0.39, 0.29) is 6.03 Å². The summed E-state index contributed by atoms with van der Waals surface area (Å²) in [7, 11) is 0. The normalized spacial score (nSPS) is 10.2. The van der Waals surface area contributed by atoms with Crippen molar-refractivity contribution in [2.24, 2.45) is 5.73 Å². The molecule has 2 rings (SSSR count). The van der Waals surface area contributed by atoms with Crippen molar-refractivity contribution in [3.05, 3.63) is 42.0 Å². The number of nitrogens with zero attached hydrogens (tertiary/aromatic N) is 2. The third-order valence-electron chi connectivity index (χ3n) is 2.53. The molecule has 1 aromatic heterocycles. The van der Waals surface area contributed by atoms with E-state index >= 15 is 0 Å². The van der Waals surface area contributed by atoms with E-state index in [0.29, 0.717) is 19.5 Å². The number of amides is 2. The summed E-state index contributed by atoms with van der Waals surface area (Å²) >= 11 is 0. The molecule has 1 heterocycles. The van der Waals surface area contributed by atoms with Crippen LogP contribution in [0, 0.1) is 0 Å². The van der Waals surface area contributed by atoms with Crippen LogP contribution < -0.4 is 16.4 Å². The van der Waals surface area contributed by atoms with Gasteiger partial charge in [0.25, 0.3) is 0 Å². The Morgan fingerprint density at radius 3 is 3.05 bits per heavy atom. The standard InChI is InChI=1S/C12H16N6O/c13-7-9-2-1-3-10(6-9)17-12(19)14-5-4-11-15-8-16-18-11/h1-3,6,8H,4-5,7,13H2,(H2,14,17,19)(H,15,16,18). The lowest BCUT2D eigenvalue weighted by atomic mass is 10.2. The minimum atomic E-state index is -0.256. The van der Waals surface area contributed by atoms with Crippen molar-refractivity contribution in [2.45, 2.75) is 13.0 Å². The molecule has 2 amide bonds. The Labute approximate surface area is 110 Å². The summed E-state index contributed by atoms with van der Waals surface area (Å²) in [5, 5.41) is 11.9. The number of H-pyrrole nitrogens is 1. The highest BCUT2D eigenvalue weighted by molar-refractivity contribution is 5.89. The van der Waals surface area contributed by atoms with Crippen molar-refractivity contribution < 1.29 is 4.79 Å². The Balaban J connectivity index is 1.77. The maximum atomic E-state index is 11.6. The van der Waals surface area contributed by atoms with Gasteiger partial charge in [-0.3, -0.25) is 5.10 Å². The molecule has 2 aromatic rings. The zero-order valence-electron chi connectivity index (χ0n) is 10.4. The lowest BCUT2D eigenvalue weighted by Crippen LogP contribution is -2.30. The zero-order chi connectivity index (χ0) is 13.5. The van der Waals surface area contributed by atoms with Crippen molar-refractivity contribution in [2.75, 3.05) is 11.9 Å². The van der Waals surface area contributed by atoms with Crippen molar-refractivity contribution in [1.29, 1.82) is 0 Å². The molecular weight excluding hydrogens is 244 g/mol. The van der Waals surface area contributed by atoms with Gasteiger partial charge in [0.05, 0.1) is 0 Å². The number of anilines is 1. The second kappa shape index (κ2) is 6.50. The number of nitrogens with one attached hydrogen (secondary N) is 3. The molecule has 1 aromatic carbocycles. The zero-order valence-corrected chi connectivity index (χ0v) is 10.4. The third kappa shape index (κ3) is 4.07. The number of urea groups is 1. The van der Waals surface area contributed by atoms with Gasteiger partial charge in [-0.25, -0.2) is 9.78 Å². The van der Waals surface area contributed by atoms with Crippen LogP contribution in [-0.4, -0.2) is 27.8 Å². The Hall–Kier alpha value is -2.41. The topological polar surface area (TPSA) is 109 Å². The molecule has 5 N–H and O–H groups in total. The largest absolute Gasteiger partial charge is 0.337 e. The summed E-state index contributed by atoms with van der Waals surface area (Å²) in [6, 6.07) is 7.17. The number of hydrogen-bond donors (Lipinski definition) is 4. The van der Waals surface area contributed by atoms with E-state index in [9.17, 15) is 4.79 Å². The summed E-state index contributed by atoms with van der Waals surface area (Å²) in [5.74, 6) is 0.741. The van der Waals surface area contributed by atoms with E-state index in [0.717, 1.165) is 17.1 Å². The Morgan fingerprint density at radius 2 is 2.32 bits per heavy atom. The Morgan fingerprint density at radius 1 is 1.42 bits per heavy atom. The molecular formula is C12H16N6O. The van der Waals surface area contributed by atoms with Crippen LogP contribution in [0.1, 0.15) is 11.4 Å². The molecule has 0 atom stereocenters.